The molecule has 0 atom stereocenters. The Labute approximate surface area is 121 Å². The van der Waals surface area contributed by atoms with Crippen molar-refractivity contribution >= 4 is 15.9 Å². The van der Waals surface area contributed by atoms with Crippen molar-refractivity contribution in [1.82, 2.24) is 14.1 Å². The van der Waals surface area contributed by atoms with Crippen LogP contribution in [0.25, 0.3) is 0 Å². The molecule has 20 heavy (non-hydrogen) atoms. The number of hydrogen-bond donors (Lipinski definition) is 0. The van der Waals surface area contributed by atoms with Crippen molar-refractivity contribution in [3.63, 3.8) is 0 Å². The van der Waals surface area contributed by atoms with E-state index in [0.29, 0.717) is 19.5 Å². The first-order chi connectivity index (χ1) is 9.47. The first-order valence-electron chi connectivity index (χ1n) is 7.42. The van der Waals surface area contributed by atoms with E-state index in [1.54, 1.807) is 0 Å². The number of likely N-dealkylation sites (tertiary alicyclic amines) is 1. The van der Waals surface area contributed by atoms with E-state index in [1.165, 1.54) is 17.0 Å². The molecule has 2 aliphatic heterocycles. The topological polar surface area (TPSA) is 60.9 Å². The highest BCUT2D eigenvalue weighted by Crippen LogP contribution is 2.11. The highest BCUT2D eigenvalue weighted by atomic mass is 32.2. The molecule has 2 rings (SSSR count). The molecule has 0 spiro atoms. The largest absolute Gasteiger partial charge is 0.343 e. The van der Waals surface area contributed by atoms with Gasteiger partial charge < -0.3 is 9.80 Å². The van der Waals surface area contributed by atoms with Gasteiger partial charge in [0.2, 0.25) is 15.9 Å². The number of carbonyl (C=O) groups excluding carboxylic acids is 1. The van der Waals surface area contributed by atoms with Gasteiger partial charge in [0.1, 0.15) is 0 Å². The van der Waals surface area contributed by atoms with Crippen LogP contribution >= 0.6 is 0 Å². The average Bonchev–Trinajstić information content (AvgIpc) is 2.45. The molecule has 6 nitrogen and oxygen atoms in total. The first-order valence-corrected chi connectivity index (χ1v) is 9.27. The Morgan fingerprint density at radius 1 is 0.950 bits per heavy atom. The lowest BCUT2D eigenvalue weighted by Crippen LogP contribution is -2.49. The van der Waals surface area contributed by atoms with Crippen molar-refractivity contribution in [2.45, 2.75) is 25.7 Å². The maximum Gasteiger partial charge on any atom is 0.223 e. The van der Waals surface area contributed by atoms with Gasteiger partial charge in [-0.15, -0.1) is 0 Å². The van der Waals surface area contributed by atoms with Crippen LogP contribution in [0.4, 0.5) is 0 Å². The number of rotatable bonds is 4. The van der Waals surface area contributed by atoms with Crippen LogP contribution < -0.4 is 0 Å². The molecule has 0 saturated carbocycles. The van der Waals surface area contributed by atoms with E-state index in [2.05, 4.69) is 4.90 Å². The molecular weight excluding hydrogens is 278 g/mol. The van der Waals surface area contributed by atoms with Gasteiger partial charge in [-0.1, -0.05) is 0 Å². The van der Waals surface area contributed by atoms with E-state index in [-0.39, 0.29) is 5.91 Å². The lowest BCUT2D eigenvalue weighted by Gasteiger charge is -2.33. The Kier molecular flexibility index (Phi) is 5.40. The van der Waals surface area contributed by atoms with E-state index in [4.69, 9.17) is 0 Å². The third kappa shape index (κ3) is 4.43. The number of sulfonamides is 1. The maximum absolute atomic E-state index is 12.1. The fourth-order valence-electron chi connectivity index (χ4n) is 2.84. The molecule has 116 valence electrons. The highest BCUT2D eigenvalue weighted by Gasteiger charge is 2.24. The van der Waals surface area contributed by atoms with Crippen molar-refractivity contribution in [3.05, 3.63) is 0 Å². The van der Waals surface area contributed by atoms with Crippen molar-refractivity contribution < 1.29 is 13.2 Å². The van der Waals surface area contributed by atoms with Gasteiger partial charge in [-0.3, -0.25) is 4.79 Å². The molecule has 0 unspecified atom stereocenters. The molecule has 2 fully saturated rings. The molecule has 0 N–H and O–H groups in total. The van der Waals surface area contributed by atoms with Crippen LogP contribution in [0.15, 0.2) is 0 Å². The maximum atomic E-state index is 12.1. The molecule has 2 aliphatic rings. The number of hydrogen-bond acceptors (Lipinski definition) is 4. The van der Waals surface area contributed by atoms with E-state index < -0.39 is 10.0 Å². The van der Waals surface area contributed by atoms with Gasteiger partial charge in [-0.25, -0.2) is 8.42 Å². The van der Waals surface area contributed by atoms with Gasteiger partial charge in [-0.05, 0) is 19.3 Å². The number of carbonyl (C=O) groups is 1. The molecular formula is C13H25N3O3S. The quantitative estimate of drug-likeness (QED) is 0.731. The van der Waals surface area contributed by atoms with Gasteiger partial charge in [0, 0.05) is 52.2 Å². The molecule has 0 bridgehead atoms. The SMILES string of the molecule is CS(=O)(=O)N1CCN(CCC(=O)N2CCCCC2)CC1. The minimum absolute atomic E-state index is 0.246. The third-order valence-electron chi connectivity index (χ3n) is 4.15. The monoisotopic (exact) mass is 303 g/mol. The summed E-state index contributed by atoms with van der Waals surface area (Å²) in [5, 5.41) is 0. The summed E-state index contributed by atoms with van der Waals surface area (Å²) in [6.45, 7) is 5.07. The average molecular weight is 303 g/mol. The summed E-state index contributed by atoms with van der Waals surface area (Å²) >= 11 is 0. The molecule has 0 radical (unpaired) electrons. The Bertz CT molecular complexity index is 424. The Hall–Kier alpha value is -0.660. The van der Waals surface area contributed by atoms with Crippen LogP contribution in [-0.4, -0.2) is 80.5 Å². The summed E-state index contributed by atoms with van der Waals surface area (Å²) < 4.78 is 24.3. The molecule has 0 aromatic carbocycles. The minimum Gasteiger partial charge on any atom is -0.343 e. The summed E-state index contributed by atoms with van der Waals surface area (Å²) in [6.07, 6.45) is 5.29. The van der Waals surface area contributed by atoms with E-state index in [0.717, 1.165) is 45.6 Å². The van der Waals surface area contributed by atoms with Crippen LogP contribution in [0, 0.1) is 0 Å². The van der Waals surface area contributed by atoms with Crippen LogP contribution in [0.5, 0.6) is 0 Å². The van der Waals surface area contributed by atoms with Crippen LogP contribution in [0.3, 0.4) is 0 Å². The lowest BCUT2D eigenvalue weighted by atomic mass is 10.1. The fourth-order valence-corrected chi connectivity index (χ4v) is 3.67. The minimum atomic E-state index is -3.07. The van der Waals surface area contributed by atoms with E-state index in [9.17, 15) is 13.2 Å². The van der Waals surface area contributed by atoms with Crippen molar-refractivity contribution in [3.8, 4) is 0 Å². The van der Waals surface area contributed by atoms with Crippen molar-refractivity contribution in [1.29, 1.82) is 0 Å². The third-order valence-corrected chi connectivity index (χ3v) is 5.45. The number of piperidine rings is 1. The smallest absolute Gasteiger partial charge is 0.223 e. The molecule has 7 heteroatoms. The second kappa shape index (κ2) is 6.87. The van der Waals surface area contributed by atoms with Gasteiger partial charge in [0.05, 0.1) is 6.26 Å². The summed E-state index contributed by atoms with van der Waals surface area (Å²) in [6, 6.07) is 0. The lowest BCUT2D eigenvalue weighted by molar-refractivity contribution is -0.132. The molecule has 2 heterocycles. The predicted octanol–water partition coefficient (Wildman–Crippen LogP) is -0.0338. The number of piperazine rings is 1. The normalized spacial score (nSPS) is 22.9. The fraction of sp³-hybridized carbons (Fsp3) is 0.923. The first kappa shape index (κ1) is 15.7. The molecule has 0 aromatic heterocycles. The summed E-state index contributed by atoms with van der Waals surface area (Å²) in [4.78, 5) is 16.2. The van der Waals surface area contributed by atoms with Gasteiger partial charge in [0.25, 0.3) is 0 Å². The Balaban J connectivity index is 1.69. The summed E-state index contributed by atoms with van der Waals surface area (Å²) in [5.41, 5.74) is 0. The van der Waals surface area contributed by atoms with Gasteiger partial charge in [0.15, 0.2) is 0 Å². The second-order valence-electron chi connectivity index (χ2n) is 5.70. The summed E-state index contributed by atoms with van der Waals surface area (Å²) in [5.74, 6) is 0.246. The molecule has 1 amide bonds. The Morgan fingerprint density at radius 3 is 2.10 bits per heavy atom. The van der Waals surface area contributed by atoms with Gasteiger partial charge in [-0.2, -0.15) is 4.31 Å². The zero-order chi connectivity index (χ0) is 14.6. The second-order valence-corrected chi connectivity index (χ2v) is 7.68. The van der Waals surface area contributed by atoms with Crippen molar-refractivity contribution in [2.24, 2.45) is 0 Å². The van der Waals surface area contributed by atoms with Crippen molar-refractivity contribution in [2.75, 3.05) is 52.1 Å². The highest BCUT2D eigenvalue weighted by molar-refractivity contribution is 7.88. The number of nitrogens with zero attached hydrogens (tertiary/aromatic N) is 3. The standard InChI is InChI=1S/C13H25N3O3S/c1-20(18,19)16-11-9-14(10-12-16)8-5-13(17)15-6-3-2-4-7-15/h2-12H2,1H3. The predicted molar refractivity (Wildman–Crippen MR) is 77.9 cm³/mol. The van der Waals surface area contributed by atoms with E-state index in [1.807, 2.05) is 4.90 Å². The molecule has 2 saturated heterocycles. The Morgan fingerprint density at radius 2 is 1.55 bits per heavy atom. The molecule has 0 aromatic rings. The van der Waals surface area contributed by atoms with Crippen LogP contribution in [-0.2, 0) is 14.8 Å². The zero-order valence-electron chi connectivity index (χ0n) is 12.3. The number of amides is 1. The van der Waals surface area contributed by atoms with E-state index >= 15 is 0 Å². The summed E-state index contributed by atoms with van der Waals surface area (Å²) in [7, 11) is -3.07. The molecule has 0 aliphatic carbocycles. The zero-order valence-corrected chi connectivity index (χ0v) is 13.1. The van der Waals surface area contributed by atoms with Crippen LogP contribution in [0.1, 0.15) is 25.7 Å². The van der Waals surface area contributed by atoms with Crippen LogP contribution in [0.2, 0.25) is 0 Å². The van der Waals surface area contributed by atoms with Gasteiger partial charge >= 0.3 is 0 Å².